The van der Waals surface area contributed by atoms with E-state index in [2.05, 4.69) is 5.32 Å². The predicted octanol–water partition coefficient (Wildman–Crippen LogP) is 4.15. The summed E-state index contributed by atoms with van der Waals surface area (Å²) in [6.45, 7) is 0.501. The van der Waals surface area contributed by atoms with Gasteiger partial charge in [-0.3, -0.25) is 4.79 Å². The molecule has 1 aliphatic rings. The zero-order valence-corrected chi connectivity index (χ0v) is 19.4. The topological polar surface area (TPSA) is 75.7 Å². The van der Waals surface area contributed by atoms with Crippen LogP contribution in [-0.2, 0) is 21.4 Å². The lowest BCUT2D eigenvalue weighted by atomic mass is 9.90. The normalized spacial score (nSPS) is 19.1. The number of benzene rings is 3. The Morgan fingerprint density at radius 3 is 2.36 bits per heavy atom. The molecule has 6 nitrogen and oxygen atoms in total. The summed E-state index contributed by atoms with van der Waals surface area (Å²) in [6, 6.07) is 25.3. The van der Waals surface area contributed by atoms with Crippen LogP contribution in [0.5, 0.6) is 5.75 Å². The Morgan fingerprint density at radius 2 is 1.67 bits per heavy atom. The van der Waals surface area contributed by atoms with Gasteiger partial charge in [-0.1, -0.05) is 60.7 Å². The Balaban J connectivity index is 1.54. The third kappa shape index (κ3) is 5.26. The van der Waals surface area contributed by atoms with Crippen molar-refractivity contribution in [1.82, 2.24) is 9.62 Å². The summed E-state index contributed by atoms with van der Waals surface area (Å²) in [5, 5.41) is 2.97. The van der Waals surface area contributed by atoms with Crippen molar-refractivity contribution in [2.75, 3.05) is 13.7 Å². The molecule has 1 saturated heterocycles. The van der Waals surface area contributed by atoms with Crippen molar-refractivity contribution in [3.8, 4) is 5.75 Å². The summed E-state index contributed by atoms with van der Waals surface area (Å²) < 4.78 is 33.9. The number of amides is 1. The molecule has 2 atom stereocenters. The fourth-order valence-corrected chi connectivity index (χ4v) is 5.98. The highest BCUT2D eigenvalue weighted by Crippen LogP contribution is 2.37. The molecule has 1 aliphatic heterocycles. The summed E-state index contributed by atoms with van der Waals surface area (Å²) in [4.78, 5) is 13.3. The van der Waals surface area contributed by atoms with Gasteiger partial charge in [0, 0.05) is 13.1 Å². The molecular formula is C26H28N2O4S. The Morgan fingerprint density at radius 1 is 0.970 bits per heavy atom. The molecule has 3 aromatic carbocycles. The number of rotatable bonds is 7. The third-order valence-corrected chi connectivity index (χ3v) is 7.93. The number of nitrogens with one attached hydrogen (secondary N) is 1. The van der Waals surface area contributed by atoms with Gasteiger partial charge >= 0.3 is 0 Å². The average Bonchev–Trinajstić information content (AvgIpc) is 2.88. The largest absolute Gasteiger partial charge is 0.497 e. The van der Waals surface area contributed by atoms with Crippen LogP contribution < -0.4 is 10.1 Å². The lowest BCUT2D eigenvalue weighted by Gasteiger charge is -2.38. The maximum Gasteiger partial charge on any atom is 0.243 e. The van der Waals surface area contributed by atoms with Crippen LogP contribution in [0.25, 0.3) is 0 Å². The number of carbonyl (C=O) groups excluding carboxylic acids is 1. The molecule has 1 fully saturated rings. The van der Waals surface area contributed by atoms with Crippen molar-refractivity contribution in [2.24, 2.45) is 5.92 Å². The maximum absolute atomic E-state index is 13.6. The van der Waals surface area contributed by atoms with Crippen LogP contribution in [0.3, 0.4) is 0 Å². The number of methoxy groups -OCH3 is 1. The van der Waals surface area contributed by atoms with Gasteiger partial charge in [0.05, 0.1) is 24.0 Å². The van der Waals surface area contributed by atoms with E-state index >= 15 is 0 Å². The molecule has 0 unspecified atom stereocenters. The van der Waals surface area contributed by atoms with Gasteiger partial charge in [0.1, 0.15) is 5.75 Å². The van der Waals surface area contributed by atoms with E-state index in [1.54, 1.807) is 37.4 Å². The zero-order chi connectivity index (χ0) is 23.3. The predicted molar refractivity (Wildman–Crippen MR) is 127 cm³/mol. The second-order valence-corrected chi connectivity index (χ2v) is 10.0. The second-order valence-electron chi connectivity index (χ2n) is 8.16. The van der Waals surface area contributed by atoms with Crippen molar-refractivity contribution >= 4 is 15.9 Å². The molecule has 0 aromatic heterocycles. The van der Waals surface area contributed by atoms with E-state index in [1.165, 1.54) is 4.31 Å². The summed E-state index contributed by atoms with van der Waals surface area (Å²) >= 11 is 0. The van der Waals surface area contributed by atoms with Gasteiger partial charge in [0.15, 0.2) is 0 Å². The van der Waals surface area contributed by atoms with Crippen molar-refractivity contribution in [3.05, 3.63) is 96.1 Å². The van der Waals surface area contributed by atoms with Gasteiger partial charge in [-0.05, 0) is 48.2 Å². The Bertz CT molecular complexity index is 1180. The van der Waals surface area contributed by atoms with E-state index in [0.29, 0.717) is 19.4 Å². The molecule has 1 heterocycles. The van der Waals surface area contributed by atoms with Crippen molar-refractivity contribution in [3.63, 3.8) is 0 Å². The molecule has 0 spiro atoms. The highest BCUT2D eigenvalue weighted by molar-refractivity contribution is 7.89. The Kier molecular flexibility index (Phi) is 7.11. The van der Waals surface area contributed by atoms with Crippen molar-refractivity contribution in [2.45, 2.75) is 30.3 Å². The first-order valence-corrected chi connectivity index (χ1v) is 12.5. The number of carbonyl (C=O) groups is 1. The molecule has 1 N–H and O–H groups in total. The number of hydrogen-bond donors (Lipinski definition) is 1. The zero-order valence-electron chi connectivity index (χ0n) is 18.6. The average molecular weight is 465 g/mol. The minimum atomic E-state index is -3.77. The summed E-state index contributed by atoms with van der Waals surface area (Å²) in [6.07, 6.45) is 1.19. The van der Waals surface area contributed by atoms with Crippen LogP contribution in [0.15, 0.2) is 89.8 Å². The first-order valence-electron chi connectivity index (χ1n) is 11.0. The smallest absolute Gasteiger partial charge is 0.243 e. The van der Waals surface area contributed by atoms with Crippen LogP contribution in [0.4, 0.5) is 0 Å². The number of ether oxygens (including phenoxy) is 1. The van der Waals surface area contributed by atoms with E-state index in [-0.39, 0.29) is 23.4 Å². The molecule has 172 valence electrons. The maximum atomic E-state index is 13.6. The van der Waals surface area contributed by atoms with Gasteiger partial charge in [-0.2, -0.15) is 4.31 Å². The quantitative estimate of drug-likeness (QED) is 0.570. The van der Waals surface area contributed by atoms with E-state index in [9.17, 15) is 13.2 Å². The molecule has 4 rings (SSSR count). The van der Waals surface area contributed by atoms with E-state index in [4.69, 9.17) is 4.74 Å². The van der Waals surface area contributed by atoms with Gasteiger partial charge in [0.25, 0.3) is 0 Å². The third-order valence-electron chi connectivity index (χ3n) is 6.04. The fraction of sp³-hybridized carbons (Fsp3) is 0.269. The molecule has 0 saturated carbocycles. The summed E-state index contributed by atoms with van der Waals surface area (Å²) in [7, 11) is -2.16. The highest BCUT2D eigenvalue weighted by Gasteiger charge is 2.39. The summed E-state index contributed by atoms with van der Waals surface area (Å²) in [5.74, 6) is 0.164. The van der Waals surface area contributed by atoms with Gasteiger partial charge in [-0.15, -0.1) is 0 Å². The lowest BCUT2D eigenvalue weighted by molar-refractivity contribution is -0.126. The molecule has 0 radical (unpaired) electrons. The lowest BCUT2D eigenvalue weighted by Crippen LogP contribution is -2.46. The minimum Gasteiger partial charge on any atom is -0.497 e. The minimum absolute atomic E-state index is 0.140. The fourth-order valence-electron chi connectivity index (χ4n) is 4.27. The number of nitrogens with zero attached hydrogens (tertiary/aromatic N) is 1. The summed E-state index contributed by atoms with van der Waals surface area (Å²) in [5.41, 5.74) is 1.86. The molecule has 7 heteroatoms. The Hall–Kier alpha value is -3.16. The molecule has 0 aliphatic carbocycles. The van der Waals surface area contributed by atoms with Crippen molar-refractivity contribution < 1.29 is 17.9 Å². The number of piperidine rings is 1. The van der Waals surface area contributed by atoms with E-state index in [1.807, 2.05) is 54.6 Å². The Labute approximate surface area is 195 Å². The van der Waals surface area contributed by atoms with Gasteiger partial charge in [-0.25, -0.2) is 8.42 Å². The first-order chi connectivity index (χ1) is 16.0. The molecule has 1 amide bonds. The molecular weight excluding hydrogens is 436 g/mol. The van der Waals surface area contributed by atoms with Crippen LogP contribution in [0.1, 0.15) is 30.0 Å². The van der Waals surface area contributed by atoms with Crippen LogP contribution >= 0.6 is 0 Å². The van der Waals surface area contributed by atoms with E-state index in [0.717, 1.165) is 16.9 Å². The van der Waals surface area contributed by atoms with Crippen molar-refractivity contribution in [1.29, 1.82) is 0 Å². The van der Waals surface area contributed by atoms with Crippen LogP contribution in [-0.4, -0.2) is 32.3 Å². The van der Waals surface area contributed by atoms with Gasteiger partial charge < -0.3 is 10.1 Å². The van der Waals surface area contributed by atoms with Crippen LogP contribution in [0.2, 0.25) is 0 Å². The molecule has 3 aromatic rings. The highest BCUT2D eigenvalue weighted by atomic mass is 32.2. The van der Waals surface area contributed by atoms with Gasteiger partial charge in [0.2, 0.25) is 15.9 Å². The van der Waals surface area contributed by atoms with Crippen LogP contribution in [0, 0.1) is 5.92 Å². The SMILES string of the molecule is COc1cccc(CNC(=O)[C@@H]2CC[C@H](c3ccccc3)N(S(=O)(=O)c3ccccc3)C2)c1. The monoisotopic (exact) mass is 464 g/mol. The van der Waals surface area contributed by atoms with E-state index < -0.39 is 15.9 Å². The second kappa shape index (κ2) is 10.2. The number of hydrogen-bond acceptors (Lipinski definition) is 4. The number of sulfonamides is 1. The first kappa shape index (κ1) is 23.0. The standard InChI is InChI=1S/C26H28N2O4S/c1-32-23-12-8-9-20(17-23)18-27-26(29)22-15-16-25(21-10-4-2-5-11-21)28(19-22)33(30,31)24-13-6-3-7-14-24/h2-14,17,22,25H,15-16,18-19H2,1H3,(H,27,29)/t22-,25-/m1/s1. The molecule has 33 heavy (non-hydrogen) atoms. The molecule has 0 bridgehead atoms.